The summed E-state index contributed by atoms with van der Waals surface area (Å²) >= 11 is 0. The molecule has 110 valence electrons. The van der Waals surface area contributed by atoms with E-state index in [2.05, 4.69) is 22.3 Å². The van der Waals surface area contributed by atoms with Crippen molar-refractivity contribution >= 4 is 17.3 Å². The molecule has 2 rings (SSSR count). The highest BCUT2D eigenvalue weighted by Crippen LogP contribution is 2.21. The smallest absolute Gasteiger partial charge is 0.250 e. The quantitative estimate of drug-likeness (QED) is 0.898. The third kappa shape index (κ3) is 4.53. The van der Waals surface area contributed by atoms with Gasteiger partial charge in [-0.3, -0.25) is 4.79 Å². The Balaban J connectivity index is 1.86. The Labute approximate surface area is 121 Å². The Morgan fingerprint density at radius 2 is 1.85 bits per heavy atom. The number of amides is 1. The standard InChI is InChI=1S/C16H24N2O2/c1-13(2)20-12-16(19)17-14-6-8-15(9-7-14)18-10-4-3-5-11-18/h6-9,13H,3-5,10-12H2,1-2H3,(H,17,19). The number of hydrogen-bond acceptors (Lipinski definition) is 3. The predicted octanol–water partition coefficient (Wildman–Crippen LogP) is 3.04. The minimum Gasteiger partial charge on any atom is -0.372 e. The van der Waals surface area contributed by atoms with Gasteiger partial charge >= 0.3 is 0 Å². The van der Waals surface area contributed by atoms with Crippen LogP contribution < -0.4 is 10.2 Å². The van der Waals surface area contributed by atoms with Gasteiger partial charge in [0.1, 0.15) is 6.61 Å². The molecular weight excluding hydrogens is 252 g/mol. The number of carbonyl (C=O) groups is 1. The molecule has 1 aromatic rings. The number of hydrogen-bond donors (Lipinski definition) is 1. The van der Waals surface area contributed by atoms with E-state index >= 15 is 0 Å². The molecule has 20 heavy (non-hydrogen) atoms. The second kappa shape index (κ2) is 7.29. The first-order valence-electron chi connectivity index (χ1n) is 7.41. The molecule has 1 heterocycles. The molecule has 0 aliphatic carbocycles. The Hall–Kier alpha value is -1.55. The van der Waals surface area contributed by atoms with Crippen LogP contribution in [0, 0.1) is 0 Å². The lowest BCUT2D eigenvalue weighted by Crippen LogP contribution is -2.29. The van der Waals surface area contributed by atoms with Crippen LogP contribution in [0.2, 0.25) is 0 Å². The van der Waals surface area contributed by atoms with Gasteiger partial charge in [0.2, 0.25) is 5.91 Å². The molecule has 1 aromatic carbocycles. The van der Waals surface area contributed by atoms with Gasteiger partial charge < -0.3 is 15.0 Å². The molecule has 1 amide bonds. The summed E-state index contributed by atoms with van der Waals surface area (Å²) in [5.41, 5.74) is 2.06. The summed E-state index contributed by atoms with van der Waals surface area (Å²) in [5, 5.41) is 2.84. The maximum atomic E-state index is 11.7. The molecule has 1 fully saturated rings. The van der Waals surface area contributed by atoms with E-state index in [4.69, 9.17) is 4.74 Å². The van der Waals surface area contributed by atoms with Crippen molar-refractivity contribution in [2.24, 2.45) is 0 Å². The van der Waals surface area contributed by atoms with Crippen LogP contribution in [0.1, 0.15) is 33.1 Å². The van der Waals surface area contributed by atoms with Gasteiger partial charge in [-0.1, -0.05) is 0 Å². The minimum absolute atomic E-state index is 0.0715. The van der Waals surface area contributed by atoms with Gasteiger partial charge in [-0.25, -0.2) is 0 Å². The topological polar surface area (TPSA) is 41.6 Å². The van der Waals surface area contributed by atoms with Gasteiger partial charge in [0.05, 0.1) is 6.10 Å². The molecule has 4 nitrogen and oxygen atoms in total. The Kier molecular flexibility index (Phi) is 5.41. The molecule has 0 saturated carbocycles. The molecule has 1 N–H and O–H groups in total. The number of rotatable bonds is 5. The Bertz CT molecular complexity index is 423. The number of anilines is 2. The van der Waals surface area contributed by atoms with Crippen molar-refractivity contribution < 1.29 is 9.53 Å². The predicted molar refractivity (Wildman–Crippen MR) is 82.2 cm³/mol. The summed E-state index contributed by atoms with van der Waals surface area (Å²) in [6.07, 6.45) is 3.94. The molecule has 1 aliphatic heterocycles. The fourth-order valence-electron chi connectivity index (χ4n) is 2.35. The van der Waals surface area contributed by atoms with Crippen LogP contribution >= 0.6 is 0 Å². The third-order valence-corrected chi connectivity index (χ3v) is 3.42. The zero-order valence-corrected chi connectivity index (χ0v) is 12.4. The monoisotopic (exact) mass is 276 g/mol. The average molecular weight is 276 g/mol. The van der Waals surface area contributed by atoms with Crippen molar-refractivity contribution in [2.45, 2.75) is 39.2 Å². The molecule has 4 heteroatoms. The van der Waals surface area contributed by atoms with E-state index in [9.17, 15) is 4.79 Å². The van der Waals surface area contributed by atoms with E-state index in [0.29, 0.717) is 0 Å². The highest BCUT2D eigenvalue weighted by Gasteiger charge is 2.11. The minimum atomic E-state index is -0.107. The molecule has 0 atom stereocenters. The van der Waals surface area contributed by atoms with Crippen LogP contribution in [-0.4, -0.2) is 31.7 Å². The van der Waals surface area contributed by atoms with E-state index in [1.165, 1.54) is 24.9 Å². The van der Waals surface area contributed by atoms with Crippen LogP contribution in [0.25, 0.3) is 0 Å². The number of nitrogens with one attached hydrogen (secondary N) is 1. The van der Waals surface area contributed by atoms with Gasteiger partial charge in [0, 0.05) is 24.5 Å². The van der Waals surface area contributed by atoms with Crippen LogP contribution in [0.4, 0.5) is 11.4 Å². The highest BCUT2D eigenvalue weighted by molar-refractivity contribution is 5.91. The summed E-state index contributed by atoms with van der Waals surface area (Å²) in [6.45, 7) is 6.20. The van der Waals surface area contributed by atoms with Gasteiger partial charge in [-0.15, -0.1) is 0 Å². The number of carbonyl (C=O) groups excluding carboxylic acids is 1. The van der Waals surface area contributed by atoms with Crippen LogP contribution in [-0.2, 0) is 9.53 Å². The lowest BCUT2D eigenvalue weighted by atomic mass is 10.1. The van der Waals surface area contributed by atoms with E-state index in [1.54, 1.807) is 0 Å². The lowest BCUT2D eigenvalue weighted by Gasteiger charge is -2.28. The van der Waals surface area contributed by atoms with Gasteiger partial charge in [-0.2, -0.15) is 0 Å². The molecule has 0 bridgehead atoms. The average Bonchev–Trinajstić information content (AvgIpc) is 2.47. The molecule has 0 radical (unpaired) electrons. The van der Waals surface area contributed by atoms with E-state index < -0.39 is 0 Å². The maximum Gasteiger partial charge on any atom is 0.250 e. The fourth-order valence-corrected chi connectivity index (χ4v) is 2.35. The summed E-state index contributed by atoms with van der Waals surface area (Å²) in [4.78, 5) is 14.1. The third-order valence-electron chi connectivity index (χ3n) is 3.42. The summed E-state index contributed by atoms with van der Waals surface area (Å²) in [5.74, 6) is -0.107. The first-order valence-corrected chi connectivity index (χ1v) is 7.41. The lowest BCUT2D eigenvalue weighted by molar-refractivity contribution is -0.121. The van der Waals surface area contributed by atoms with Crippen molar-refractivity contribution in [3.05, 3.63) is 24.3 Å². The van der Waals surface area contributed by atoms with Crippen LogP contribution in [0.5, 0.6) is 0 Å². The number of ether oxygens (including phenoxy) is 1. The first kappa shape index (κ1) is 14.9. The molecule has 0 spiro atoms. The fraction of sp³-hybridized carbons (Fsp3) is 0.562. The van der Waals surface area contributed by atoms with E-state index in [-0.39, 0.29) is 18.6 Å². The molecular formula is C16H24N2O2. The SMILES string of the molecule is CC(C)OCC(=O)Nc1ccc(N2CCCCC2)cc1. The van der Waals surface area contributed by atoms with Crippen LogP contribution in [0.15, 0.2) is 24.3 Å². The molecule has 0 unspecified atom stereocenters. The zero-order chi connectivity index (χ0) is 14.4. The first-order chi connectivity index (χ1) is 9.65. The van der Waals surface area contributed by atoms with E-state index in [0.717, 1.165) is 18.8 Å². The van der Waals surface area contributed by atoms with Gasteiger partial charge in [0.15, 0.2) is 0 Å². The second-order valence-electron chi connectivity index (χ2n) is 5.50. The normalized spacial score (nSPS) is 15.4. The van der Waals surface area contributed by atoms with Crippen molar-refractivity contribution in [1.29, 1.82) is 0 Å². The molecule has 1 aliphatic rings. The van der Waals surface area contributed by atoms with E-state index in [1.807, 2.05) is 26.0 Å². The Morgan fingerprint density at radius 1 is 1.20 bits per heavy atom. The van der Waals surface area contributed by atoms with Gasteiger partial charge in [-0.05, 0) is 57.4 Å². The molecule has 0 aromatic heterocycles. The van der Waals surface area contributed by atoms with Gasteiger partial charge in [0.25, 0.3) is 0 Å². The number of benzene rings is 1. The second-order valence-corrected chi connectivity index (χ2v) is 5.50. The van der Waals surface area contributed by atoms with Crippen LogP contribution in [0.3, 0.4) is 0 Å². The summed E-state index contributed by atoms with van der Waals surface area (Å²) < 4.78 is 5.27. The van der Waals surface area contributed by atoms with Crippen molar-refractivity contribution in [2.75, 3.05) is 29.9 Å². The van der Waals surface area contributed by atoms with Crippen molar-refractivity contribution in [3.8, 4) is 0 Å². The maximum absolute atomic E-state index is 11.7. The zero-order valence-electron chi connectivity index (χ0n) is 12.4. The Morgan fingerprint density at radius 3 is 2.45 bits per heavy atom. The number of nitrogens with zero attached hydrogens (tertiary/aromatic N) is 1. The van der Waals surface area contributed by atoms with Crippen molar-refractivity contribution in [3.63, 3.8) is 0 Å². The largest absolute Gasteiger partial charge is 0.372 e. The number of piperidine rings is 1. The summed E-state index contributed by atoms with van der Waals surface area (Å²) in [7, 11) is 0. The molecule has 1 saturated heterocycles. The highest BCUT2D eigenvalue weighted by atomic mass is 16.5. The summed E-state index contributed by atoms with van der Waals surface area (Å²) in [6, 6.07) is 8.06. The van der Waals surface area contributed by atoms with Crippen molar-refractivity contribution in [1.82, 2.24) is 0 Å².